The Labute approximate surface area is 168 Å². The summed E-state index contributed by atoms with van der Waals surface area (Å²) < 4.78 is 11.0. The average molecular weight is 387 g/mol. The molecule has 0 spiro atoms. The van der Waals surface area contributed by atoms with Gasteiger partial charge in [0.25, 0.3) is 0 Å². The molecule has 0 aliphatic heterocycles. The van der Waals surface area contributed by atoms with Gasteiger partial charge in [0, 0.05) is 18.0 Å². The highest BCUT2D eigenvalue weighted by molar-refractivity contribution is 5.54. The summed E-state index contributed by atoms with van der Waals surface area (Å²) in [5, 5.41) is 3.26. The van der Waals surface area contributed by atoms with Crippen LogP contribution in [0.25, 0.3) is 0 Å². The molecule has 0 aliphatic carbocycles. The second-order valence-electron chi connectivity index (χ2n) is 7.99. The average Bonchev–Trinajstić information content (AvgIpc) is 2.62. The number of nitrogens with one attached hydrogen (secondary N) is 1. The highest BCUT2D eigenvalue weighted by Gasteiger charge is 2.20. The fraction of sp³-hybridized carbons (Fsp3) is 0.545. The van der Waals surface area contributed by atoms with Crippen LogP contribution >= 0.6 is 0 Å². The van der Waals surface area contributed by atoms with Gasteiger partial charge in [-0.25, -0.2) is 4.98 Å². The van der Waals surface area contributed by atoms with E-state index in [1.807, 2.05) is 6.07 Å². The van der Waals surface area contributed by atoms with Gasteiger partial charge >= 0.3 is 0 Å². The van der Waals surface area contributed by atoms with E-state index in [2.05, 4.69) is 57.9 Å². The van der Waals surface area contributed by atoms with Crippen molar-refractivity contribution in [2.45, 2.75) is 65.8 Å². The van der Waals surface area contributed by atoms with Crippen LogP contribution in [0.5, 0.6) is 11.5 Å². The van der Waals surface area contributed by atoms with Gasteiger partial charge in [-0.3, -0.25) is 0 Å². The number of rotatable bonds is 8. The Morgan fingerprint density at radius 1 is 0.929 bits per heavy atom. The third-order valence-electron chi connectivity index (χ3n) is 4.67. The number of ether oxygens (including phenoxy) is 2. The maximum absolute atomic E-state index is 6.39. The molecular weight excluding hydrogens is 352 g/mol. The maximum Gasteiger partial charge on any atom is 0.225 e. The lowest BCUT2D eigenvalue weighted by Gasteiger charge is -2.20. The van der Waals surface area contributed by atoms with Crippen molar-refractivity contribution in [1.29, 1.82) is 0 Å². The van der Waals surface area contributed by atoms with Crippen molar-refractivity contribution in [2.75, 3.05) is 25.3 Å². The number of nitrogens with two attached hydrogens (primary N) is 1. The highest BCUT2D eigenvalue weighted by Crippen LogP contribution is 2.36. The molecule has 6 nitrogen and oxygen atoms in total. The van der Waals surface area contributed by atoms with E-state index in [0.29, 0.717) is 29.9 Å². The number of anilines is 2. The fourth-order valence-corrected chi connectivity index (χ4v) is 3.32. The van der Waals surface area contributed by atoms with Crippen LogP contribution in [0, 0.1) is 0 Å². The van der Waals surface area contributed by atoms with Crippen LogP contribution in [0.2, 0.25) is 0 Å². The summed E-state index contributed by atoms with van der Waals surface area (Å²) in [6.07, 6.45) is 0.648. The Morgan fingerprint density at radius 3 is 2.04 bits per heavy atom. The smallest absolute Gasteiger partial charge is 0.225 e. The summed E-state index contributed by atoms with van der Waals surface area (Å²) in [4.78, 5) is 9.26. The van der Waals surface area contributed by atoms with Crippen molar-refractivity contribution in [1.82, 2.24) is 9.97 Å². The number of methoxy groups -OCH3 is 2. The van der Waals surface area contributed by atoms with E-state index in [9.17, 15) is 0 Å². The molecule has 1 aromatic carbocycles. The second kappa shape index (κ2) is 9.13. The van der Waals surface area contributed by atoms with E-state index in [0.717, 1.165) is 22.6 Å². The molecule has 0 aliphatic rings. The maximum atomic E-state index is 6.39. The summed E-state index contributed by atoms with van der Waals surface area (Å²) in [5.74, 6) is 3.12. The lowest BCUT2D eigenvalue weighted by molar-refractivity contribution is 0.354. The quantitative estimate of drug-likeness (QED) is 0.682. The molecule has 0 atom stereocenters. The summed E-state index contributed by atoms with van der Waals surface area (Å²) in [5.41, 5.74) is 10.7. The number of benzene rings is 1. The Kier molecular flexibility index (Phi) is 7.11. The normalized spacial score (nSPS) is 11.4. The van der Waals surface area contributed by atoms with Crippen LogP contribution in [0.15, 0.2) is 12.1 Å². The van der Waals surface area contributed by atoms with Crippen LogP contribution in [-0.2, 0) is 6.42 Å². The van der Waals surface area contributed by atoms with E-state index >= 15 is 0 Å². The van der Waals surface area contributed by atoms with Crippen LogP contribution in [0.1, 0.15) is 75.8 Å². The monoisotopic (exact) mass is 386 g/mol. The fourth-order valence-electron chi connectivity index (χ4n) is 3.32. The molecule has 2 rings (SSSR count). The first-order chi connectivity index (χ1) is 13.2. The van der Waals surface area contributed by atoms with Gasteiger partial charge in [-0.1, -0.05) is 27.7 Å². The lowest BCUT2D eigenvalue weighted by Crippen LogP contribution is -2.17. The minimum atomic E-state index is 0.232. The van der Waals surface area contributed by atoms with Crippen molar-refractivity contribution in [3.8, 4) is 11.5 Å². The number of aromatic nitrogens is 2. The van der Waals surface area contributed by atoms with Crippen LogP contribution in [0.3, 0.4) is 0 Å². The van der Waals surface area contributed by atoms with Crippen molar-refractivity contribution in [3.63, 3.8) is 0 Å². The molecule has 28 heavy (non-hydrogen) atoms. The van der Waals surface area contributed by atoms with Gasteiger partial charge < -0.3 is 20.5 Å². The Hall–Kier alpha value is -2.50. The van der Waals surface area contributed by atoms with Crippen molar-refractivity contribution >= 4 is 11.8 Å². The van der Waals surface area contributed by atoms with Crippen LogP contribution in [0.4, 0.5) is 11.8 Å². The minimum Gasteiger partial charge on any atom is -0.493 e. The van der Waals surface area contributed by atoms with Crippen LogP contribution in [-0.4, -0.2) is 30.2 Å². The summed E-state index contributed by atoms with van der Waals surface area (Å²) in [6, 6.07) is 4.33. The Morgan fingerprint density at radius 2 is 1.54 bits per heavy atom. The summed E-state index contributed by atoms with van der Waals surface area (Å²) in [6.45, 7) is 12.7. The van der Waals surface area contributed by atoms with Gasteiger partial charge in [0.2, 0.25) is 5.95 Å². The largest absolute Gasteiger partial charge is 0.493 e. The van der Waals surface area contributed by atoms with Crippen LogP contribution < -0.4 is 20.5 Å². The molecule has 0 amide bonds. The predicted molar refractivity (Wildman–Crippen MR) is 116 cm³/mol. The van der Waals surface area contributed by atoms with Crippen molar-refractivity contribution in [3.05, 3.63) is 34.5 Å². The molecule has 3 N–H and O–H groups in total. The number of hydrogen-bond acceptors (Lipinski definition) is 6. The second-order valence-corrected chi connectivity index (χ2v) is 7.99. The van der Waals surface area contributed by atoms with Gasteiger partial charge in [-0.15, -0.1) is 0 Å². The molecule has 0 fully saturated rings. The molecule has 6 heteroatoms. The van der Waals surface area contributed by atoms with Crippen molar-refractivity contribution < 1.29 is 9.47 Å². The zero-order chi connectivity index (χ0) is 21.0. The van der Waals surface area contributed by atoms with E-state index in [1.165, 1.54) is 5.56 Å². The van der Waals surface area contributed by atoms with E-state index in [-0.39, 0.29) is 12.0 Å². The molecule has 0 radical (unpaired) electrons. The molecular formula is C22H34N4O2. The first kappa shape index (κ1) is 21.8. The number of hydrogen-bond donors (Lipinski definition) is 2. The predicted octanol–water partition coefficient (Wildman–Crippen LogP) is 4.73. The number of nitrogen functional groups attached to an aromatic ring is 1. The standard InChI is InChI=1S/C22H34N4O2/c1-12(2)16-11-19(28-8)18(27-7)10-15(16)9-17-20(13(3)4)25-22(24-14(5)6)26-21(17)23/h10-14H,9H2,1-8H3,(H3,23,24,25,26). The SMILES string of the molecule is COc1cc(Cc2c(N)nc(NC(C)C)nc2C(C)C)c(C(C)C)cc1OC. The van der Waals surface area contributed by atoms with Gasteiger partial charge in [0.1, 0.15) is 5.82 Å². The molecule has 154 valence electrons. The van der Waals surface area contributed by atoms with Gasteiger partial charge in [-0.05, 0) is 48.9 Å². The van der Waals surface area contributed by atoms with Gasteiger partial charge in [-0.2, -0.15) is 4.98 Å². The third kappa shape index (κ3) is 4.86. The molecule has 1 heterocycles. The Bertz CT molecular complexity index is 817. The van der Waals surface area contributed by atoms with E-state index in [1.54, 1.807) is 14.2 Å². The molecule has 2 aromatic rings. The molecule has 0 unspecified atom stereocenters. The summed E-state index contributed by atoms with van der Waals surface area (Å²) in [7, 11) is 3.31. The first-order valence-electron chi connectivity index (χ1n) is 9.85. The molecule has 0 saturated heterocycles. The van der Waals surface area contributed by atoms with E-state index < -0.39 is 0 Å². The molecule has 0 bridgehead atoms. The molecule has 1 aromatic heterocycles. The zero-order valence-electron chi connectivity index (χ0n) is 18.4. The Balaban J connectivity index is 2.58. The highest BCUT2D eigenvalue weighted by atomic mass is 16.5. The lowest BCUT2D eigenvalue weighted by atomic mass is 9.90. The molecule has 0 saturated carbocycles. The third-order valence-corrected chi connectivity index (χ3v) is 4.67. The van der Waals surface area contributed by atoms with Crippen molar-refractivity contribution in [2.24, 2.45) is 0 Å². The first-order valence-corrected chi connectivity index (χ1v) is 9.85. The number of nitrogens with zero attached hydrogens (tertiary/aromatic N) is 2. The zero-order valence-corrected chi connectivity index (χ0v) is 18.4. The van der Waals surface area contributed by atoms with Gasteiger partial charge in [0.05, 0.1) is 19.9 Å². The van der Waals surface area contributed by atoms with E-state index in [4.69, 9.17) is 20.2 Å². The topological polar surface area (TPSA) is 82.3 Å². The summed E-state index contributed by atoms with van der Waals surface area (Å²) >= 11 is 0. The van der Waals surface area contributed by atoms with Gasteiger partial charge in [0.15, 0.2) is 11.5 Å². The minimum absolute atomic E-state index is 0.232.